The first kappa shape index (κ1) is 18.0. The molecule has 8 rings (SSSR count). The molecule has 5 atom stereocenters. The van der Waals surface area contributed by atoms with Gasteiger partial charge in [-0.25, -0.2) is 0 Å². The molecule has 3 aliphatic carbocycles. The zero-order chi connectivity index (χ0) is 21.5. The first-order chi connectivity index (χ1) is 15.4. The number of aliphatic hydroxyl groups is 1. The van der Waals surface area contributed by atoms with Crippen molar-refractivity contribution in [3.05, 3.63) is 64.0 Å². The number of phenolic OH excluding ortho intramolecular Hbond substituents is 1. The highest BCUT2D eigenvalue weighted by Crippen LogP contribution is 2.69. The molecule has 0 radical (unpaired) electrons. The standard InChI is InChI=1S/C26H26N2O4/c29-19-8-7-15-11-20-26(30)12-17-16-3-1-2-4-18(16)27-22(17)24-25(26,21(15)23(19)32-24)9-10-28(20,31)13-14-5-6-14/h1-4,7-8,14,20,24,27,29-30H,5-6,9-13H2/t20-,24-,25-,26+,28?/m0/s1. The molecule has 5 aliphatic rings. The number of hydroxylamine groups is 3. The Hall–Kier alpha value is -2.54. The van der Waals surface area contributed by atoms with Gasteiger partial charge in [-0.15, -0.1) is 0 Å². The van der Waals surface area contributed by atoms with Crippen molar-refractivity contribution in [1.29, 1.82) is 0 Å². The van der Waals surface area contributed by atoms with Crippen molar-refractivity contribution in [3.63, 3.8) is 0 Å². The maximum Gasteiger partial charge on any atom is 0.166 e. The van der Waals surface area contributed by atoms with Crippen LogP contribution in [0.2, 0.25) is 0 Å². The molecule has 164 valence electrons. The number of H-pyrrole nitrogens is 1. The number of nitrogens with zero attached hydrogens (tertiary/aromatic N) is 1. The number of nitrogens with one attached hydrogen (secondary N) is 1. The van der Waals surface area contributed by atoms with Crippen LogP contribution in [-0.4, -0.2) is 44.6 Å². The van der Waals surface area contributed by atoms with Crippen LogP contribution in [0.5, 0.6) is 11.5 Å². The van der Waals surface area contributed by atoms with Gasteiger partial charge in [0, 0.05) is 41.6 Å². The highest BCUT2D eigenvalue weighted by atomic mass is 16.6. The van der Waals surface area contributed by atoms with Gasteiger partial charge in [0.05, 0.1) is 24.2 Å². The summed E-state index contributed by atoms with van der Waals surface area (Å²) in [5, 5.41) is 38.9. The quantitative estimate of drug-likeness (QED) is 0.428. The molecule has 1 saturated heterocycles. The summed E-state index contributed by atoms with van der Waals surface area (Å²) in [6.07, 6.45) is 3.38. The van der Waals surface area contributed by atoms with Crippen molar-refractivity contribution in [2.75, 3.05) is 13.1 Å². The Morgan fingerprint density at radius 3 is 2.88 bits per heavy atom. The number of fused-ring (bicyclic) bond motifs is 4. The largest absolute Gasteiger partial charge is 0.632 e. The first-order valence-electron chi connectivity index (χ1n) is 11.9. The molecule has 6 nitrogen and oxygen atoms in total. The Balaban J connectivity index is 1.44. The third-order valence-corrected chi connectivity index (χ3v) is 9.36. The average molecular weight is 431 g/mol. The maximum atomic E-state index is 14.4. The van der Waals surface area contributed by atoms with Gasteiger partial charge in [0.25, 0.3) is 0 Å². The van der Waals surface area contributed by atoms with Crippen LogP contribution in [0.15, 0.2) is 36.4 Å². The van der Waals surface area contributed by atoms with E-state index in [9.17, 15) is 15.4 Å². The van der Waals surface area contributed by atoms with E-state index in [0.29, 0.717) is 44.0 Å². The molecule has 1 spiro atoms. The number of aromatic hydroxyl groups is 1. The second-order valence-electron chi connectivity index (χ2n) is 10.9. The van der Waals surface area contributed by atoms with E-state index in [1.807, 2.05) is 18.2 Å². The lowest BCUT2D eigenvalue weighted by Gasteiger charge is -2.67. The number of hydrogen-bond donors (Lipinski definition) is 3. The van der Waals surface area contributed by atoms with Gasteiger partial charge in [-0.2, -0.15) is 0 Å². The third-order valence-electron chi connectivity index (χ3n) is 9.36. The van der Waals surface area contributed by atoms with Crippen LogP contribution in [-0.2, 0) is 18.3 Å². The summed E-state index contributed by atoms with van der Waals surface area (Å²) in [4.78, 5) is 3.58. The average Bonchev–Trinajstić information content (AvgIpc) is 3.39. The highest BCUT2D eigenvalue weighted by Gasteiger charge is 2.75. The summed E-state index contributed by atoms with van der Waals surface area (Å²) >= 11 is 0. The predicted octanol–water partition coefficient (Wildman–Crippen LogP) is 3.59. The fourth-order valence-electron chi connectivity index (χ4n) is 7.85. The third kappa shape index (κ3) is 1.83. The fourth-order valence-corrected chi connectivity index (χ4v) is 7.85. The molecule has 1 aromatic heterocycles. The number of hydrogen-bond acceptors (Lipinski definition) is 4. The molecule has 1 saturated carbocycles. The number of aromatic amines is 1. The van der Waals surface area contributed by atoms with Gasteiger partial charge < -0.3 is 29.8 Å². The van der Waals surface area contributed by atoms with Gasteiger partial charge in [0.2, 0.25) is 0 Å². The number of aromatic nitrogens is 1. The van der Waals surface area contributed by atoms with E-state index < -0.39 is 23.2 Å². The number of phenols is 1. The SMILES string of the molecule is [O-][N+]1(CC2CC2)CC[C@]23c4c5ccc(O)c4O[C@H]2c2[nH]c4ccccc4c2C[C@@]3(O)[C@@H]1C5. The Morgan fingerprint density at radius 2 is 2.03 bits per heavy atom. The summed E-state index contributed by atoms with van der Waals surface area (Å²) in [6, 6.07) is 11.4. The molecule has 2 aromatic carbocycles. The lowest BCUT2D eigenvalue weighted by atomic mass is 9.48. The van der Waals surface area contributed by atoms with E-state index in [-0.39, 0.29) is 10.4 Å². The molecule has 2 bridgehead atoms. The van der Waals surface area contributed by atoms with Crippen LogP contribution in [0.4, 0.5) is 0 Å². The van der Waals surface area contributed by atoms with Crippen molar-refractivity contribution in [2.45, 2.75) is 55.3 Å². The van der Waals surface area contributed by atoms with Crippen molar-refractivity contribution in [1.82, 2.24) is 4.98 Å². The van der Waals surface area contributed by atoms with Crippen LogP contribution < -0.4 is 4.74 Å². The number of likely N-dealkylation sites (tertiary alicyclic amines) is 1. The predicted molar refractivity (Wildman–Crippen MR) is 118 cm³/mol. The number of quaternary nitrogens is 1. The van der Waals surface area contributed by atoms with Gasteiger partial charge in [-0.3, -0.25) is 0 Å². The number of benzene rings is 2. The Morgan fingerprint density at radius 1 is 1.19 bits per heavy atom. The van der Waals surface area contributed by atoms with E-state index >= 15 is 0 Å². The van der Waals surface area contributed by atoms with E-state index in [0.717, 1.165) is 46.1 Å². The Labute approximate surface area is 185 Å². The number of para-hydroxylation sites is 1. The molecule has 3 aromatic rings. The van der Waals surface area contributed by atoms with Crippen LogP contribution in [0.3, 0.4) is 0 Å². The monoisotopic (exact) mass is 430 g/mol. The molecular formula is C26H26N2O4. The van der Waals surface area contributed by atoms with Crippen molar-refractivity contribution < 1.29 is 19.6 Å². The molecule has 0 amide bonds. The summed E-state index contributed by atoms with van der Waals surface area (Å²) < 4.78 is 6.24. The van der Waals surface area contributed by atoms with Crippen LogP contribution in [0.1, 0.15) is 47.8 Å². The fraction of sp³-hybridized carbons (Fsp3) is 0.462. The van der Waals surface area contributed by atoms with Crippen LogP contribution in [0.25, 0.3) is 10.9 Å². The normalized spacial score (nSPS) is 38.3. The lowest BCUT2D eigenvalue weighted by molar-refractivity contribution is -0.924. The summed E-state index contributed by atoms with van der Waals surface area (Å²) in [7, 11) is 0. The topological polar surface area (TPSA) is 88.5 Å². The van der Waals surface area contributed by atoms with E-state index in [4.69, 9.17) is 4.74 Å². The van der Waals surface area contributed by atoms with Gasteiger partial charge in [-0.05, 0) is 36.1 Å². The molecule has 2 aliphatic heterocycles. The van der Waals surface area contributed by atoms with Gasteiger partial charge in [0.1, 0.15) is 11.6 Å². The number of rotatable bonds is 2. The summed E-state index contributed by atoms with van der Waals surface area (Å²) in [6.45, 7) is 1.10. The molecular weight excluding hydrogens is 404 g/mol. The van der Waals surface area contributed by atoms with Crippen LogP contribution in [0, 0.1) is 11.1 Å². The Bertz CT molecular complexity index is 1330. The van der Waals surface area contributed by atoms with Gasteiger partial charge in [-0.1, -0.05) is 24.3 Å². The second kappa shape index (κ2) is 5.33. The highest BCUT2D eigenvalue weighted by molar-refractivity contribution is 5.86. The Kier molecular flexibility index (Phi) is 2.99. The van der Waals surface area contributed by atoms with E-state index in [1.54, 1.807) is 6.07 Å². The summed E-state index contributed by atoms with van der Waals surface area (Å²) in [5.41, 5.74) is 3.16. The molecule has 2 fully saturated rings. The smallest absolute Gasteiger partial charge is 0.166 e. The molecule has 1 unspecified atom stereocenters. The first-order valence-corrected chi connectivity index (χ1v) is 11.9. The minimum atomic E-state index is -1.21. The van der Waals surface area contributed by atoms with E-state index in [2.05, 4.69) is 17.1 Å². The van der Waals surface area contributed by atoms with Crippen LogP contribution >= 0.6 is 0 Å². The minimum absolute atomic E-state index is 0.123. The molecule has 32 heavy (non-hydrogen) atoms. The number of ether oxygens (including phenoxy) is 1. The van der Waals surface area contributed by atoms with E-state index in [1.165, 1.54) is 0 Å². The zero-order valence-electron chi connectivity index (χ0n) is 17.8. The van der Waals surface area contributed by atoms with Crippen molar-refractivity contribution in [3.8, 4) is 11.5 Å². The second-order valence-corrected chi connectivity index (χ2v) is 10.9. The van der Waals surface area contributed by atoms with Gasteiger partial charge >= 0.3 is 0 Å². The minimum Gasteiger partial charge on any atom is -0.632 e. The van der Waals surface area contributed by atoms with Crippen molar-refractivity contribution in [2.24, 2.45) is 5.92 Å². The van der Waals surface area contributed by atoms with Crippen molar-refractivity contribution >= 4 is 10.9 Å². The molecule has 3 heterocycles. The maximum absolute atomic E-state index is 14.4. The lowest BCUT2D eigenvalue weighted by Crippen LogP contribution is -2.78. The molecule has 6 heteroatoms. The summed E-state index contributed by atoms with van der Waals surface area (Å²) in [5.74, 6) is 1.12. The van der Waals surface area contributed by atoms with Gasteiger partial charge in [0.15, 0.2) is 17.6 Å². The molecule has 3 N–H and O–H groups in total. The number of piperidine rings is 1. The zero-order valence-corrected chi connectivity index (χ0v) is 17.8.